The van der Waals surface area contributed by atoms with Gasteiger partial charge in [-0.25, -0.2) is 4.79 Å². The molecule has 0 saturated heterocycles. The van der Waals surface area contributed by atoms with Gasteiger partial charge in [-0.05, 0) is 30.7 Å². The summed E-state index contributed by atoms with van der Waals surface area (Å²) in [6, 6.07) is 11.1. The summed E-state index contributed by atoms with van der Waals surface area (Å²) in [5, 5.41) is 5.64. The summed E-state index contributed by atoms with van der Waals surface area (Å²) in [4.78, 5) is 11.9. The van der Waals surface area contributed by atoms with E-state index in [4.69, 9.17) is 4.74 Å². The van der Waals surface area contributed by atoms with E-state index in [9.17, 15) is 4.79 Å². The first kappa shape index (κ1) is 15.0. The van der Waals surface area contributed by atoms with Crippen LogP contribution in [0.2, 0.25) is 0 Å². The van der Waals surface area contributed by atoms with Crippen molar-refractivity contribution >= 4 is 11.7 Å². The maximum Gasteiger partial charge on any atom is 0.319 e. The van der Waals surface area contributed by atoms with Crippen molar-refractivity contribution < 1.29 is 9.53 Å². The maximum absolute atomic E-state index is 11.9. The Morgan fingerprint density at radius 1 is 1.19 bits per heavy atom. The van der Waals surface area contributed by atoms with Crippen molar-refractivity contribution in [2.45, 2.75) is 19.9 Å². The average molecular weight is 287 g/mol. The number of rotatable bonds is 7. The highest BCUT2D eigenvalue weighted by Gasteiger charge is 2.06. The van der Waals surface area contributed by atoms with Crippen LogP contribution in [0.1, 0.15) is 13.3 Å². The minimum Gasteiger partial charge on any atom is -0.491 e. The summed E-state index contributed by atoms with van der Waals surface area (Å²) < 4.78 is 7.62. The van der Waals surface area contributed by atoms with Gasteiger partial charge in [0.2, 0.25) is 0 Å². The first-order chi connectivity index (χ1) is 10.3. The third-order valence-electron chi connectivity index (χ3n) is 2.92. The smallest absolute Gasteiger partial charge is 0.319 e. The molecule has 0 aliphatic heterocycles. The fourth-order valence-electron chi connectivity index (χ4n) is 1.89. The van der Waals surface area contributed by atoms with E-state index < -0.39 is 0 Å². The van der Waals surface area contributed by atoms with E-state index in [2.05, 4.69) is 10.6 Å². The van der Waals surface area contributed by atoms with E-state index >= 15 is 0 Å². The third kappa shape index (κ3) is 4.87. The van der Waals surface area contributed by atoms with Gasteiger partial charge in [0, 0.05) is 25.5 Å². The number of nitrogens with one attached hydrogen (secondary N) is 2. The SMILES string of the molecule is CCCOc1ccccc1NC(=O)NCCn1cccc1. The summed E-state index contributed by atoms with van der Waals surface area (Å²) in [7, 11) is 0. The van der Waals surface area contributed by atoms with Crippen molar-refractivity contribution in [1.29, 1.82) is 0 Å². The van der Waals surface area contributed by atoms with Gasteiger partial charge in [0.05, 0.1) is 12.3 Å². The number of carbonyl (C=O) groups is 1. The van der Waals surface area contributed by atoms with E-state index in [1.54, 1.807) is 0 Å². The number of carbonyl (C=O) groups excluding carboxylic acids is 1. The van der Waals surface area contributed by atoms with E-state index in [1.165, 1.54) is 0 Å². The number of aromatic nitrogens is 1. The van der Waals surface area contributed by atoms with Crippen LogP contribution in [0.15, 0.2) is 48.8 Å². The van der Waals surface area contributed by atoms with Crippen LogP contribution < -0.4 is 15.4 Å². The molecule has 2 amide bonds. The quantitative estimate of drug-likeness (QED) is 0.822. The maximum atomic E-state index is 11.9. The van der Waals surface area contributed by atoms with Gasteiger partial charge in [0.15, 0.2) is 0 Å². The first-order valence-electron chi connectivity index (χ1n) is 7.17. The van der Waals surface area contributed by atoms with Gasteiger partial charge in [-0.1, -0.05) is 19.1 Å². The van der Waals surface area contributed by atoms with Gasteiger partial charge < -0.3 is 19.9 Å². The molecule has 5 nitrogen and oxygen atoms in total. The summed E-state index contributed by atoms with van der Waals surface area (Å²) >= 11 is 0. The molecule has 1 heterocycles. The fraction of sp³-hybridized carbons (Fsp3) is 0.312. The summed E-state index contributed by atoms with van der Waals surface area (Å²) in [5.74, 6) is 0.694. The van der Waals surface area contributed by atoms with Crippen LogP contribution >= 0.6 is 0 Å². The van der Waals surface area contributed by atoms with Gasteiger partial charge in [-0.2, -0.15) is 0 Å². The van der Waals surface area contributed by atoms with Crippen molar-refractivity contribution in [2.24, 2.45) is 0 Å². The van der Waals surface area contributed by atoms with Crippen LogP contribution in [0.5, 0.6) is 5.75 Å². The minimum atomic E-state index is -0.227. The Hall–Kier alpha value is -2.43. The van der Waals surface area contributed by atoms with E-state index in [0.717, 1.165) is 13.0 Å². The van der Waals surface area contributed by atoms with Crippen LogP contribution in [-0.2, 0) is 6.54 Å². The summed E-state index contributed by atoms with van der Waals surface area (Å²) in [6.45, 7) is 3.99. The molecule has 112 valence electrons. The Balaban J connectivity index is 1.81. The van der Waals surface area contributed by atoms with Gasteiger partial charge in [0.1, 0.15) is 5.75 Å². The number of benzene rings is 1. The predicted octanol–water partition coefficient (Wildman–Crippen LogP) is 3.10. The van der Waals surface area contributed by atoms with E-state index in [-0.39, 0.29) is 6.03 Å². The lowest BCUT2D eigenvalue weighted by molar-refractivity contribution is 0.251. The zero-order chi connectivity index (χ0) is 14.9. The molecule has 2 rings (SSSR count). The molecule has 2 N–H and O–H groups in total. The number of hydrogen-bond acceptors (Lipinski definition) is 2. The number of ether oxygens (including phenoxy) is 1. The lowest BCUT2D eigenvalue weighted by Crippen LogP contribution is -2.31. The molecule has 0 atom stereocenters. The lowest BCUT2D eigenvalue weighted by atomic mass is 10.3. The molecule has 0 spiro atoms. The number of nitrogens with zero attached hydrogens (tertiary/aromatic N) is 1. The molecule has 0 aliphatic carbocycles. The van der Waals surface area contributed by atoms with Crippen LogP contribution in [0.25, 0.3) is 0 Å². The standard InChI is InChI=1S/C16H21N3O2/c1-2-13-21-15-8-4-3-7-14(15)18-16(20)17-9-12-19-10-5-6-11-19/h3-8,10-11H,2,9,12-13H2,1H3,(H2,17,18,20). The first-order valence-corrected chi connectivity index (χ1v) is 7.17. The van der Waals surface area contributed by atoms with Crippen LogP contribution in [0.4, 0.5) is 10.5 Å². The molecule has 0 radical (unpaired) electrons. The Morgan fingerprint density at radius 3 is 2.71 bits per heavy atom. The second kappa shape index (κ2) is 7.99. The van der Waals surface area contributed by atoms with Crippen molar-refractivity contribution in [2.75, 3.05) is 18.5 Å². The van der Waals surface area contributed by atoms with Crippen molar-refractivity contribution in [3.8, 4) is 5.75 Å². The van der Waals surface area contributed by atoms with E-state index in [0.29, 0.717) is 24.6 Å². The number of hydrogen-bond donors (Lipinski definition) is 2. The second-order valence-corrected chi connectivity index (χ2v) is 4.65. The van der Waals surface area contributed by atoms with Crippen LogP contribution in [0, 0.1) is 0 Å². The summed E-state index contributed by atoms with van der Waals surface area (Å²) in [6.07, 6.45) is 4.86. The Morgan fingerprint density at radius 2 is 1.95 bits per heavy atom. The fourth-order valence-corrected chi connectivity index (χ4v) is 1.89. The number of amides is 2. The number of urea groups is 1. The highest BCUT2D eigenvalue weighted by molar-refractivity contribution is 5.90. The van der Waals surface area contributed by atoms with E-state index in [1.807, 2.05) is 60.3 Å². The molecule has 2 aromatic rings. The van der Waals surface area contributed by atoms with Crippen LogP contribution in [0.3, 0.4) is 0 Å². The van der Waals surface area contributed by atoms with Crippen molar-refractivity contribution in [3.05, 3.63) is 48.8 Å². The molecule has 0 saturated carbocycles. The third-order valence-corrected chi connectivity index (χ3v) is 2.92. The molecule has 0 unspecified atom stereocenters. The van der Waals surface area contributed by atoms with Gasteiger partial charge in [0.25, 0.3) is 0 Å². The highest BCUT2D eigenvalue weighted by atomic mass is 16.5. The monoisotopic (exact) mass is 287 g/mol. The Bertz CT molecular complexity index is 552. The molecular formula is C16H21N3O2. The molecule has 0 aliphatic rings. The van der Waals surface area contributed by atoms with Crippen LogP contribution in [-0.4, -0.2) is 23.7 Å². The van der Waals surface area contributed by atoms with Gasteiger partial charge in [-0.3, -0.25) is 0 Å². The zero-order valence-electron chi connectivity index (χ0n) is 12.2. The predicted molar refractivity (Wildman–Crippen MR) is 83.7 cm³/mol. The molecule has 21 heavy (non-hydrogen) atoms. The molecular weight excluding hydrogens is 266 g/mol. The molecule has 5 heteroatoms. The molecule has 1 aromatic heterocycles. The summed E-state index contributed by atoms with van der Waals surface area (Å²) in [5.41, 5.74) is 0.685. The molecule has 0 fully saturated rings. The Kier molecular flexibility index (Phi) is 5.70. The van der Waals surface area contributed by atoms with Gasteiger partial charge in [-0.15, -0.1) is 0 Å². The number of para-hydroxylation sites is 2. The zero-order valence-corrected chi connectivity index (χ0v) is 12.2. The minimum absolute atomic E-state index is 0.227. The van der Waals surface area contributed by atoms with Gasteiger partial charge >= 0.3 is 6.03 Å². The lowest BCUT2D eigenvalue weighted by Gasteiger charge is -2.12. The normalized spacial score (nSPS) is 10.1. The highest BCUT2D eigenvalue weighted by Crippen LogP contribution is 2.23. The number of anilines is 1. The largest absolute Gasteiger partial charge is 0.491 e. The average Bonchev–Trinajstić information content (AvgIpc) is 2.99. The second-order valence-electron chi connectivity index (χ2n) is 4.65. The Labute approximate surface area is 124 Å². The molecule has 1 aromatic carbocycles. The topological polar surface area (TPSA) is 55.3 Å². The van der Waals surface area contributed by atoms with Crippen molar-refractivity contribution in [3.63, 3.8) is 0 Å². The molecule has 0 bridgehead atoms. The van der Waals surface area contributed by atoms with Crippen molar-refractivity contribution in [1.82, 2.24) is 9.88 Å².